The van der Waals surface area contributed by atoms with Crippen LogP contribution in [0.3, 0.4) is 0 Å². The molecule has 5 rings (SSSR count). The molecule has 2 amide bonds. The molecule has 2 atom stereocenters. The first-order chi connectivity index (χ1) is 21.6. The molecule has 2 unspecified atom stereocenters. The van der Waals surface area contributed by atoms with E-state index in [0.717, 1.165) is 0 Å². The van der Waals surface area contributed by atoms with Crippen LogP contribution >= 0.6 is 34.5 Å². The molecule has 0 saturated heterocycles. The van der Waals surface area contributed by atoms with Crippen molar-refractivity contribution in [3.63, 3.8) is 0 Å². The van der Waals surface area contributed by atoms with Gasteiger partial charge < -0.3 is 19.5 Å². The molecule has 14 heteroatoms. The number of carbonyl (C=O) groups excluding carboxylic acids is 4. The molecular weight excluding hydrogens is 643 g/mol. The molecule has 2 aromatic carbocycles. The maximum absolute atomic E-state index is 13.7. The number of amides is 2. The van der Waals surface area contributed by atoms with Crippen LogP contribution in [0.25, 0.3) is 0 Å². The summed E-state index contributed by atoms with van der Waals surface area (Å²) in [6, 6.07) is 11.6. The van der Waals surface area contributed by atoms with Gasteiger partial charge in [0.2, 0.25) is 0 Å². The van der Waals surface area contributed by atoms with E-state index in [4.69, 9.17) is 37.4 Å². The maximum atomic E-state index is 13.7. The minimum absolute atomic E-state index is 0.0558. The highest BCUT2D eigenvalue weighted by atomic mass is 35.5. The number of methoxy groups -OCH3 is 2. The van der Waals surface area contributed by atoms with Crippen molar-refractivity contribution in [3.8, 4) is 0 Å². The first-order valence-corrected chi connectivity index (χ1v) is 15.4. The Bertz CT molecular complexity index is 1730. The van der Waals surface area contributed by atoms with Crippen LogP contribution in [-0.4, -0.2) is 66.2 Å². The van der Waals surface area contributed by atoms with Gasteiger partial charge in [-0.15, -0.1) is 10.2 Å². The molecule has 1 aromatic heterocycles. The van der Waals surface area contributed by atoms with Crippen LogP contribution in [0.5, 0.6) is 0 Å². The third-order valence-corrected chi connectivity index (χ3v) is 9.28. The Hall–Kier alpha value is -4.10. The van der Waals surface area contributed by atoms with Crippen molar-refractivity contribution in [2.75, 3.05) is 27.4 Å². The summed E-state index contributed by atoms with van der Waals surface area (Å²) < 4.78 is 16.4. The van der Waals surface area contributed by atoms with E-state index in [9.17, 15) is 19.2 Å². The van der Waals surface area contributed by atoms with Crippen molar-refractivity contribution < 1.29 is 33.4 Å². The standard InChI is InChI=1S/C31H28Cl2N4O7S/c1-5-44-31(41)23-22(18-11-8-12-19(32)24(18)33)21(30(40)43-4)15(2)34-25(23)26(42-3)27-36-35-20(45-27)13-14-37-28(38)16-9-6-7-10-17(16)29(37)39/h6-12,22,26,34H,5,13-14H2,1-4H3. The largest absolute Gasteiger partial charge is 0.466 e. The summed E-state index contributed by atoms with van der Waals surface area (Å²) in [5.74, 6) is -3.15. The summed E-state index contributed by atoms with van der Waals surface area (Å²) in [6.45, 7) is 3.49. The fourth-order valence-corrected chi connectivity index (χ4v) is 6.73. The Morgan fingerprint density at radius 2 is 1.69 bits per heavy atom. The number of hydrogen-bond donors (Lipinski definition) is 1. The second-order valence-corrected chi connectivity index (χ2v) is 11.9. The van der Waals surface area contributed by atoms with Gasteiger partial charge in [-0.2, -0.15) is 0 Å². The number of aromatic nitrogens is 2. The molecular formula is C31H28Cl2N4O7S. The van der Waals surface area contributed by atoms with Crippen LogP contribution in [0.4, 0.5) is 0 Å². The maximum Gasteiger partial charge on any atom is 0.336 e. The number of ether oxygens (including phenoxy) is 3. The van der Waals surface area contributed by atoms with E-state index < -0.39 is 24.0 Å². The van der Waals surface area contributed by atoms with Crippen molar-refractivity contribution in [2.24, 2.45) is 0 Å². The van der Waals surface area contributed by atoms with E-state index >= 15 is 0 Å². The quantitative estimate of drug-likeness (QED) is 0.231. The van der Waals surface area contributed by atoms with Gasteiger partial charge in [-0.1, -0.05) is 58.8 Å². The molecule has 0 spiro atoms. The van der Waals surface area contributed by atoms with Crippen molar-refractivity contribution in [3.05, 3.63) is 102 Å². The Kier molecular flexibility index (Phi) is 9.68. The zero-order chi connectivity index (χ0) is 32.4. The number of hydrogen-bond acceptors (Lipinski definition) is 11. The molecule has 3 aromatic rings. The Morgan fingerprint density at radius 1 is 1.00 bits per heavy atom. The number of halogens is 2. The molecule has 3 heterocycles. The number of rotatable bonds is 10. The van der Waals surface area contributed by atoms with Crippen LogP contribution in [0.15, 0.2) is 65.0 Å². The third-order valence-electron chi connectivity index (χ3n) is 7.42. The predicted molar refractivity (Wildman–Crippen MR) is 166 cm³/mol. The van der Waals surface area contributed by atoms with Crippen LogP contribution in [0.1, 0.15) is 62.2 Å². The molecule has 2 aliphatic heterocycles. The Morgan fingerprint density at radius 3 is 2.31 bits per heavy atom. The van der Waals surface area contributed by atoms with Crippen LogP contribution in [-0.2, 0) is 30.2 Å². The molecule has 0 radical (unpaired) electrons. The number of benzene rings is 2. The van der Waals surface area contributed by atoms with E-state index in [1.807, 2.05) is 0 Å². The molecule has 2 aliphatic rings. The highest BCUT2D eigenvalue weighted by Gasteiger charge is 2.43. The minimum Gasteiger partial charge on any atom is -0.466 e. The zero-order valence-electron chi connectivity index (χ0n) is 24.7. The number of nitrogens with one attached hydrogen (secondary N) is 1. The fraction of sp³-hybridized carbons (Fsp3) is 0.290. The number of fused-ring (bicyclic) bond motifs is 1. The van der Waals surface area contributed by atoms with Crippen LogP contribution in [0, 0.1) is 0 Å². The first kappa shape index (κ1) is 32.3. The first-order valence-electron chi connectivity index (χ1n) is 13.8. The molecule has 1 N–H and O–H groups in total. The lowest BCUT2D eigenvalue weighted by atomic mass is 9.79. The highest BCUT2D eigenvalue weighted by Crippen LogP contribution is 2.46. The number of carbonyl (C=O) groups is 4. The number of allylic oxidation sites excluding steroid dienone is 1. The summed E-state index contributed by atoms with van der Waals surface area (Å²) in [5.41, 5.74) is 1.98. The SMILES string of the molecule is CCOC(=O)C1=C(C(OC)c2nnc(CCN3C(=O)c4ccccc4C3=O)s2)NC(C)=C(C(=O)OC)C1c1cccc(Cl)c1Cl. The molecule has 11 nitrogen and oxygen atoms in total. The molecule has 0 bridgehead atoms. The topological polar surface area (TPSA) is 137 Å². The van der Waals surface area contributed by atoms with Crippen LogP contribution in [0.2, 0.25) is 10.0 Å². The van der Waals surface area contributed by atoms with Gasteiger partial charge in [-0.05, 0) is 37.6 Å². The summed E-state index contributed by atoms with van der Waals surface area (Å²) in [4.78, 5) is 53.6. The number of dihydropyridines is 1. The lowest BCUT2D eigenvalue weighted by molar-refractivity contribution is -0.139. The summed E-state index contributed by atoms with van der Waals surface area (Å²) in [6.07, 6.45) is -0.701. The normalized spacial score (nSPS) is 16.9. The Labute approximate surface area is 272 Å². The summed E-state index contributed by atoms with van der Waals surface area (Å²) in [5, 5.41) is 13.1. The molecule has 234 valence electrons. The molecule has 0 saturated carbocycles. The number of nitrogens with zero attached hydrogens (tertiary/aromatic N) is 3. The molecule has 0 aliphatic carbocycles. The lowest BCUT2D eigenvalue weighted by Crippen LogP contribution is -2.35. The monoisotopic (exact) mass is 670 g/mol. The van der Waals surface area contributed by atoms with Gasteiger partial charge in [-0.3, -0.25) is 14.5 Å². The second-order valence-electron chi connectivity index (χ2n) is 9.99. The van der Waals surface area contributed by atoms with Crippen molar-refractivity contribution in [1.29, 1.82) is 0 Å². The Balaban J connectivity index is 1.53. The van der Waals surface area contributed by atoms with Crippen molar-refractivity contribution >= 4 is 58.3 Å². The van der Waals surface area contributed by atoms with E-state index in [-0.39, 0.29) is 58.3 Å². The fourth-order valence-electron chi connectivity index (χ4n) is 5.40. The third kappa shape index (κ3) is 5.98. The average molecular weight is 672 g/mol. The average Bonchev–Trinajstić information content (AvgIpc) is 3.59. The highest BCUT2D eigenvalue weighted by molar-refractivity contribution is 7.11. The summed E-state index contributed by atoms with van der Waals surface area (Å²) in [7, 11) is 2.68. The lowest BCUT2D eigenvalue weighted by Gasteiger charge is -2.33. The van der Waals surface area contributed by atoms with Gasteiger partial charge in [0.05, 0.1) is 57.7 Å². The van der Waals surface area contributed by atoms with Crippen molar-refractivity contribution in [2.45, 2.75) is 32.3 Å². The zero-order valence-corrected chi connectivity index (χ0v) is 27.0. The van der Waals surface area contributed by atoms with Gasteiger partial charge >= 0.3 is 11.9 Å². The summed E-state index contributed by atoms with van der Waals surface area (Å²) >= 11 is 14.2. The van der Waals surface area contributed by atoms with Gasteiger partial charge in [-0.25, -0.2) is 9.59 Å². The molecule has 0 fully saturated rings. The van der Waals surface area contributed by atoms with Crippen molar-refractivity contribution in [1.82, 2.24) is 20.4 Å². The predicted octanol–water partition coefficient (Wildman–Crippen LogP) is 5.02. The van der Waals surface area contributed by atoms with Gasteiger partial charge in [0.15, 0.2) is 11.1 Å². The van der Waals surface area contributed by atoms with Crippen LogP contribution < -0.4 is 5.32 Å². The number of imide groups is 1. The smallest absolute Gasteiger partial charge is 0.336 e. The van der Waals surface area contributed by atoms with E-state index in [1.165, 1.54) is 30.5 Å². The van der Waals surface area contributed by atoms with E-state index in [2.05, 4.69) is 15.5 Å². The van der Waals surface area contributed by atoms with E-state index in [0.29, 0.717) is 32.4 Å². The van der Waals surface area contributed by atoms with Gasteiger partial charge in [0.25, 0.3) is 11.8 Å². The van der Waals surface area contributed by atoms with Gasteiger partial charge in [0.1, 0.15) is 5.01 Å². The number of esters is 2. The van der Waals surface area contributed by atoms with E-state index in [1.54, 1.807) is 56.3 Å². The minimum atomic E-state index is -1.03. The second kappa shape index (κ2) is 13.5. The molecule has 45 heavy (non-hydrogen) atoms. The van der Waals surface area contributed by atoms with Gasteiger partial charge in [0, 0.05) is 25.8 Å².